The highest BCUT2D eigenvalue weighted by molar-refractivity contribution is 7.89. The Morgan fingerprint density at radius 1 is 1.12 bits per heavy atom. The molecule has 7 heteroatoms. The third kappa shape index (κ3) is 6.20. The number of carbonyl (C=O) groups excluding carboxylic acids is 1. The molecule has 1 amide bonds. The monoisotopic (exact) mass is 387 g/mol. The molecule has 1 N–H and O–H groups in total. The largest absolute Gasteiger partial charge is 0.356 e. The molecular formula is C19H37N3O3S. The maximum Gasteiger partial charge on any atom is 0.224 e. The molecule has 26 heavy (non-hydrogen) atoms. The van der Waals surface area contributed by atoms with E-state index in [1.807, 2.05) is 6.92 Å². The fourth-order valence-electron chi connectivity index (χ4n) is 4.25. The number of nitrogens with zero attached hydrogens (tertiary/aromatic N) is 2. The number of carbonyl (C=O) groups is 1. The van der Waals surface area contributed by atoms with Crippen molar-refractivity contribution in [3.63, 3.8) is 0 Å². The number of sulfonamides is 1. The van der Waals surface area contributed by atoms with Gasteiger partial charge < -0.3 is 10.2 Å². The molecule has 2 atom stereocenters. The predicted molar refractivity (Wildman–Crippen MR) is 106 cm³/mol. The lowest BCUT2D eigenvalue weighted by molar-refractivity contribution is -0.126. The number of likely N-dealkylation sites (tertiary alicyclic amines) is 1. The van der Waals surface area contributed by atoms with E-state index in [1.54, 1.807) is 0 Å². The number of hydrogen-bond acceptors (Lipinski definition) is 4. The Morgan fingerprint density at radius 2 is 1.92 bits per heavy atom. The zero-order valence-electron chi connectivity index (χ0n) is 16.6. The van der Waals surface area contributed by atoms with Crippen LogP contribution in [0, 0.1) is 5.92 Å². The van der Waals surface area contributed by atoms with Crippen molar-refractivity contribution < 1.29 is 13.2 Å². The summed E-state index contributed by atoms with van der Waals surface area (Å²) in [5.41, 5.74) is 0. The van der Waals surface area contributed by atoms with Gasteiger partial charge in [0.1, 0.15) is 0 Å². The second-order valence-corrected chi connectivity index (χ2v) is 9.84. The fraction of sp³-hybridized carbons (Fsp3) is 0.947. The van der Waals surface area contributed by atoms with E-state index in [2.05, 4.69) is 17.1 Å². The van der Waals surface area contributed by atoms with Crippen molar-refractivity contribution in [1.29, 1.82) is 0 Å². The Labute approximate surface area is 159 Å². The Hall–Kier alpha value is -0.660. The minimum atomic E-state index is -3.20. The molecule has 0 unspecified atom stereocenters. The molecule has 6 nitrogen and oxygen atoms in total. The summed E-state index contributed by atoms with van der Waals surface area (Å²) in [4.78, 5) is 15.0. The van der Waals surface area contributed by atoms with Crippen LogP contribution in [-0.2, 0) is 14.8 Å². The topological polar surface area (TPSA) is 69.7 Å². The summed E-state index contributed by atoms with van der Waals surface area (Å²) in [6.45, 7) is 7.94. The summed E-state index contributed by atoms with van der Waals surface area (Å²) in [6.07, 6.45) is 8.26. The van der Waals surface area contributed by atoms with Gasteiger partial charge in [0.05, 0.1) is 11.7 Å². The standard InChI is InChI=1S/C19H37N3O3S/c1-3-15-26(24,25)22-14-7-9-17(16-22)19(23)20-11-8-13-21-12-6-5-10-18(21)4-2/h17-18H,3-16H2,1-2H3,(H,20,23)/t17-,18+/m1/s1. The Morgan fingerprint density at radius 3 is 2.65 bits per heavy atom. The summed E-state index contributed by atoms with van der Waals surface area (Å²) < 4.78 is 26.0. The van der Waals surface area contributed by atoms with Crippen molar-refractivity contribution in [2.75, 3.05) is 38.5 Å². The molecule has 152 valence electrons. The summed E-state index contributed by atoms with van der Waals surface area (Å²) in [7, 11) is -3.20. The van der Waals surface area contributed by atoms with Gasteiger partial charge in [-0.15, -0.1) is 0 Å². The summed E-state index contributed by atoms with van der Waals surface area (Å²) in [5, 5.41) is 3.04. The quantitative estimate of drug-likeness (QED) is 0.616. The molecule has 2 aliphatic rings. The molecule has 0 aromatic rings. The number of rotatable bonds is 9. The van der Waals surface area contributed by atoms with Crippen LogP contribution in [0.25, 0.3) is 0 Å². The summed E-state index contributed by atoms with van der Waals surface area (Å²) >= 11 is 0. The lowest BCUT2D eigenvalue weighted by atomic mass is 9.98. The van der Waals surface area contributed by atoms with E-state index in [0.29, 0.717) is 32.1 Å². The van der Waals surface area contributed by atoms with Crippen molar-refractivity contribution in [3.05, 3.63) is 0 Å². The van der Waals surface area contributed by atoms with E-state index in [9.17, 15) is 13.2 Å². The zero-order valence-corrected chi connectivity index (χ0v) is 17.4. The van der Waals surface area contributed by atoms with Gasteiger partial charge in [-0.2, -0.15) is 0 Å². The molecule has 0 radical (unpaired) electrons. The fourth-order valence-corrected chi connectivity index (χ4v) is 5.84. The van der Waals surface area contributed by atoms with Crippen LogP contribution in [0.15, 0.2) is 0 Å². The van der Waals surface area contributed by atoms with E-state index in [4.69, 9.17) is 0 Å². The van der Waals surface area contributed by atoms with Crippen molar-refractivity contribution in [1.82, 2.24) is 14.5 Å². The minimum absolute atomic E-state index is 0.0204. The number of nitrogens with one attached hydrogen (secondary N) is 1. The van der Waals surface area contributed by atoms with Gasteiger partial charge in [-0.05, 0) is 51.5 Å². The average Bonchev–Trinajstić information content (AvgIpc) is 2.65. The van der Waals surface area contributed by atoms with Crippen LogP contribution in [0.2, 0.25) is 0 Å². The van der Waals surface area contributed by atoms with Crippen LogP contribution in [-0.4, -0.2) is 68.0 Å². The third-order valence-corrected chi connectivity index (χ3v) is 7.79. The normalized spacial score (nSPS) is 25.9. The van der Waals surface area contributed by atoms with E-state index in [-0.39, 0.29) is 17.6 Å². The summed E-state index contributed by atoms with van der Waals surface area (Å²) in [5.74, 6) is -0.00342. The molecule has 0 aromatic heterocycles. The molecule has 0 aromatic carbocycles. The molecule has 2 rings (SSSR count). The van der Waals surface area contributed by atoms with Gasteiger partial charge in [0.2, 0.25) is 15.9 Å². The van der Waals surface area contributed by atoms with Gasteiger partial charge in [-0.1, -0.05) is 20.3 Å². The second kappa shape index (κ2) is 10.6. The van der Waals surface area contributed by atoms with Gasteiger partial charge in [-0.3, -0.25) is 4.79 Å². The van der Waals surface area contributed by atoms with E-state index < -0.39 is 10.0 Å². The number of amides is 1. The molecule has 2 fully saturated rings. The van der Waals surface area contributed by atoms with Crippen LogP contribution in [0.1, 0.15) is 65.2 Å². The molecule has 0 bridgehead atoms. The molecule has 0 aliphatic carbocycles. The van der Waals surface area contributed by atoms with Crippen molar-refractivity contribution in [2.24, 2.45) is 5.92 Å². The Kier molecular flexibility index (Phi) is 8.84. The van der Waals surface area contributed by atoms with Crippen LogP contribution in [0.3, 0.4) is 0 Å². The molecule has 2 aliphatic heterocycles. The van der Waals surface area contributed by atoms with Crippen LogP contribution < -0.4 is 5.32 Å². The van der Waals surface area contributed by atoms with Gasteiger partial charge in [0.25, 0.3) is 0 Å². The minimum Gasteiger partial charge on any atom is -0.356 e. The van der Waals surface area contributed by atoms with Crippen LogP contribution in [0.5, 0.6) is 0 Å². The highest BCUT2D eigenvalue weighted by Crippen LogP contribution is 2.21. The van der Waals surface area contributed by atoms with E-state index >= 15 is 0 Å². The molecule has 2 heterocycles. The molecule has 0 spiro atoms. The SMILES string of the molecule is CCCS(=O)(=O)N1CCC[C@@H](C(=O)NCCCN2CCCC[C@@H]2CC)C1. The maximum atomic E-state index is 12.5. The van der Waals surface area contributed by atoms with Gasteiger partial charge in [0, 0.05) is 32.2 Å². The van der Waals surface area contributed by atoms with Crippen molar-refractivity contribution in [2.45, 2.75) is 71.3 Å². The first-order valence-electron chi connectivity index (χ1n) is 10.5. The summed E-state index contributed by atoms with van der Waals surface area (Å²) in [6, 6.07) is 0.704. The third-order valence-electron chi connectivity index (χ3n) is 5.75. The van der Waals surface area contributed by atoms with Crippen LogP contribution >= 0.6 is 0 Å². The second-order valence-electron chi connectivity index (χ2n) is 7.75. The highest BCUT2D eigenvalue weighted by Gasteiger charge is 2.31. The maximum absolute atomic E-state index is 12.5. The molecular weight excluding hydrogens is 350 g/mol. The Balaban J connectivity index is 1.72. The number of hydrogen-bond donors (Lipinski definition) is 1. The predicted octanol–water partition coefficient (Wildman–Crippen LogP) is 2.21. The molecule has 2 saturated heterocycles. The van der Waals surface area contributed by atoms with Gasteiger partial charge >= 0.3 is 0 Å². The first-order valence-corrected chi connectivity index (χ1v) is 12.1. The average molecular weight is 388 g/mol. The first-order chi connectivity index (χ1) is 12.5. The lowest BCUT2D eigenvalue weighted by Crippen LogP contribution is -2.46. The van der Waals surface area contributed by atoms with Crippen LogP contribution in [0.4, 0.5) is 0 Å². The zero-order chi connectivity index (χ0) is 19.0. The van der Waals surface area contributed by atoms with E-state index in [1.165, 1.54) is 36.5 Å². The van der Waals surface area contributed by atoms with Gasteiger partial charge in [0.15, 0.2) is 0 Å². The lowest BCUT2D eigenvalue weighted by Gasteiger charge is -2.35. The van der Waals surface area contributed by atoms with Crippen molar-refractivity contribution >= 4 is 15.9 Å². The first kappa shape index (κ1) is 21.6. The molecule has 0 saturated carbocycles. The Bertz CT molecular complexity index is 538. The van der Waals surface area contributed by atoms with E-state index in [0.717, 1.165) is 25.8 Å². The number of piperidine rings is 2. The van der Waals surface area contributed by atoms with Gasteiger partial charge in [-0.25, -0.2) is 12.7 Å². The highest BCUT2D eigenvalue weighted by atomic mass is 32.2. The van der Waals surface area contributed by atoms with Crippen molar-refractivity contribution in [3.8, 4) is 0 Å². The smallest absolute Gasteiger partial charge is 0.224 e.